The third-order valence-corrected chi connectivity index (χ3v) is 6.58. The number of hydrogen-bond donors (Lipinski definition) is 2. The molecule has 3 aromatic rings. The van der Waals surface area contributed by atoms with Crippen molar-refractivity contribution in [1.82, 2.24) is 29.5 Å². The van der Waals surface area contributed by atoms with E-state index in [2.05, 4.69) is 20.8 Å². The number of fused-ring (bicyclic) bond motifs is 1. The molecule has 2 heterocycles. The zero-order chi connectivity index (χ0) is 20.9. The Morgan fingerprint density at radius 3 is 2.38 bits per heavy atom. The minimum Gasteiger partial charge on any atom is -0.334 e. The number of nitrogens with zero attached hydrogens (tertiary/aromatic N) is 4. The fourth-order valence-corrected chi connectivity index (χ4v) is 4.37. The maximum atomic E-state index is 12.5. The maximum Gasteiger partial charge on any atom is 0.315 e. The van der Waals surface area contributed by atoms with Gasteiger partial charge in [0, 0.05) is 25.8 Å². The van der Waals surface area contributed by atoms with Gasteiger partial charge in [-0.05, 0) is 29.8 Å². The Hall–Kier alpha value is -2.98. The van der Waals surface area contributed by atoms with Gasteiger partial charge in [-0.15, -0.1) is 10.2 Å². The van der Waals surface area contributed by atoms with E-state index in [0.29, 0.717) is 24.6 Å². The van der Waals surface area contributed by atoms with Crippen molar-refractivity contribution in [3.63, 3.8) is 0 Å². The topological polar surface area (TPSA) is 109 Å². The van der Waals surface area contributed by atoms with E-state index in [0.717, 1.165) is 5.56 Å². The number of amides is 2. The van der Waals surface area contributed by atoms with Gasteiger partial charge in [-0.2, -0.15) is 4.31 Å². The number of urea groups is 1. The molecule has 0 aliphatic rings. The van der Waals surface area contributed by atoms with Gasteiger partial charge in [0.05, 0.1) is 11.4 Å². The molecule has 29 heavy (non-hydrogen) atoms. The van der Waals surface area contributed by atoms with Gasteiger partial charge in [-0.1, -0.05) is 32.0 Å². The lowest BCUT2D eigenvalue weighted by molar-refractivity contribution is 0.240. The van der Waals surface area contributed by atoms with Gasteiger partial charge in [-0.3, -0.25) is 4.40 Å². The highest BCUT2D eigenvalue weighted by Crippen LogP contribution is 2.16. The molecule has 2 aromatic heterocycles. The predicted molar refractivity (Wildman–Crippen MR) is 109 cm³/mol. The Kier molecular flexibility index (Phi) is 6.45. The van der Waals surface area contributed by atoms with E-state index in [-0.39, 0.29) is 24.0 Å². The molecule has 154 valence electrons. The summed E-state index contributed by atoms with van der Waals surface area (Å²) in [7, 11) is -3.48. The second-order valence-corrected chi connectivity index (χ2v) is 8.25. The van der Waals surface area contributed by atoms with Crippen molar-refractivity contribution in [2.45, 2.75) is 31.8 Å². The van der Waals surface area contributed by atoms with Crippen LogP contribution in [0.25, 0.3) is 5.65 Å². The molecule has 3 rings (SSSR count). The zero-order valence-corrected chi connectivity index (χ0v) is 17.2. The van der Waals surface area contributed by atoms with Crippen LogP contribution in [0.15, 0.2) is 53.6 Å². The van der Waals surface area contributed by atoms with Gasteiger partial charge in [0.15, 0.2) is 11.5 Å². The molecule has 0 aliphatic carbocycles. The Bertz CT molecular complexity index is 1070. The minimum absolute atomic E-state index is 0.234. The molecule has 0 radical (unpaired) electrons. The van der Waals surface area contributed by atoms with Crippen LogP contribution < -0.4 is 10.6 Å². The van der Waals surface area contributed by atoms with E-state index in [9.17, 15) is 13.2 Å². The first-order valence-corrected chi connectivity index (χ1v) is 10.8. The average molecular weight is 417 g/mol. The fraction of sp³-hybridized carbons (Fsp3) is 0.316. The van der Waals surface area contributed by atoms with Crippen LogP contribution in [0.3, 0.4) is 0 Å². The molecule has 10 heteroatoms. The van der Waals surface area contributed by atoms with E-state index in [1.807, 2.05) is 24.4 Å². The monoisotopic (exact) mass is 416 g/mol. The second-order valence-electron chi connectivity index (χ2n) is 6.31. The van der Waals surface area contributed by atoms with Gasteiger partial charge in [0.2, 0.25) is 10.0 Å². The Balaban J connectivity index is 1.54. The van der Waals surface area contributed by atoms with Crippen molar-refractivity contribution < 1.29 is 13.2 Å². The number of carbonyl (C=O) groups is 1. The summed E-state index contributed by atoms with van der Waals surface area (Å²) in [6.07, 6.45) is 1.83. The van der Waals surface area contributed by atoms with E-state index in [4.69, 9.17) is 0 Å². The number of sulfonamides is 1. The zero-order valence-electron chi connectivity index (χ0n) is 16.4. The van der Waals surface area contributed by atoms with Crippen LogP contribution in [-0.2, 0) is 23.1 Å². The molecule has 0 unspecified atom stereocenters. The standard InChI is InChI=1S/C19H24N6O3S/c1-3-24(4-2)29(27,28)16-10-8-15(9-11-16)13-20-19(26)21-14-18-23-22-17-7-5-6-12-25(17)18/h5-12H,3-4,13-14H2,1-2H3,(H2,20,21,26). The van der Waals surface area contributed by atoms with Gasteiger partial charge >= 0.3 is 6.03 Å². The number of nitrogens with one attached hydrogen (secondary N) is 2. The number of pyridine rings is 1. The van der Waals surface area contributed by atoms with E-state index < -0.39 is 10.0 Å². The third-order valence-electron chi connectivity index (χ3n) is 4.51. The molecule has 2 amide bonds. The van der Waals surface area contributed by atoms with Crippen molar-refractivity contribution >= 4 is 21.7 Å². The van der Waals surface area contributed by atoms with Crippen LogP contribution in [0.2, 0.25) is 0 Å². The summed E-state index contributed by atoms with van der Waals surface area (Å²) in [6.45, 7) is 4.96. The summed E-state index contributed by atoms with van der Waals surface area (Å²) in [5.74, 6) is 0.627. The van der Waals surface area contributed by atoms with Gasteiger partial charge in [0.1, 0.15) is 0 Å². The first-order valence-electron chi connectivity index (χ1n) is 9.35. The summed E-state index contributed by atoms with van der Waals surface area (Å²) >= 11 is 0. The van der Waals surface area contributed by atoms with Crippen LogP contribution >= 0.6 is 0 Å². The molecule has 1 aromatic carbocycles. The molecule has 2 N–H and O–H groups in total. The van der Waals surface area contributed by atoms with Crippen LogP contribution in [0.1, 0.15) is 25.2 Å². The number of carbonyl (C=O) groups excluding carboxylic acids is 1. The lowest BCUT2D eigenvalue weighted by atomic mass is 10.2. The van der Waals surface area contributed by atoms with Crippen molar-refractivity contribution in [1.29, 1.82) is 0 Å². The van der Waals surface area contributed by atoms with Crippen molar-refractivity contribution in [3.8, 4) is 0 Å². The smallest absolute Gasteiger partial charge is 0.315 e. The molecule has 0 spiro atoms. The summed E-state index contributed by atoms with van der Waals surface area (Å²) in [5, 5.41) is 13.6. The molecule has 0 saturated carbocycles. The number of benzene rings is 1. The summed E-state index contributed by atoms with van der Waals surface area (Å²) < 4.78 is 28.2. The number of aromatic nitrogens is 3. The lowest BCUT2D eigenvalue weighted by Gasteiger charge is -2.18. The Labute approximate surface area is 169 Å². The molecule has 9 nitrogen and oxygen atoms in total. The molecule has 0 bridgehead atoms. The molecular formula is C19H24N6O3S. The molecule has 0 saturated heterocycles. The minimum atomic E-state index is -3.48. The van der Waals surface area contributed by atoms with Crippen LogP contribution in [0.5, 0.6) is 0 Å². The normalized spacial score (nSPS) is 11.7. The highest BCUT2D eigenvalue weighted by molar-refractivity contribution is 7.89. The first kappa shape index (κ1) is 20.7. The SMILES string of the molecule is CCN(CC)S(=O)(=O)c1ccc(CNC(=O)NCc2nnc3ccccn23)cc1. The van der Waals surface area contributed by atoms with Gasteiger partial charge < -0.3 is 10.6 Å². The highest BCUT2D eigenvalue weighted by atomic mass is 32.2. The lowest BCUT2D eigenvalue weighted by Crippen LogP contribution is -2.35. The van der Waals surface area contributed by atoms with Crippen LogP contribution in [0.4, 0.5) is 4.79 Å². The summed E-state index contributed by atoms with van der Waals surface area (Å²) in [5.41, 5.74) is 1.51. The highest BCUT2D eigenvalue weighted by Gasteiger charge is 2.21. The largest absolute Gasteiger partial charge is 0.334 e. The van der Waals surface area contributed by atoms with Gasteiger partial charge in [0.25, 0.3) is 0 Å². The van der Waals surface area contributed by atoms with E-state index in [1.165, 1.54) is 4.31 Å². The van der Waals surface area contributed by atoms with Crippen molar-refractivity contribution in [3.05, 3.63) is 60.0 Å². The summed E-state index contributed by atoms with van der Waals surface area (Å²) in [4.78, 5) is 12.3. The number of rotatable bonds is 8. The van der Waals surface area contributed by atoms with Crippen LogP contribution in [-0.4, -0.2) is 46.4 Å². The Morgan fingerprint density at radius 2 is 1.69 bits per heavy atom. The third kappa shape index (κ3) is 4.72. The first-order chi connectivity index (χ1) is 14.0. The van der Waals surface area contributed by atoms with Crippen molar-refractivity contribution in [2.24, 2.45) is 0 Å². The van der Waals surface area contributed by atoms with Gasteiger partial charge in [-0.25, -0.2) is 13.2 Å². The molecule has 0 aliphatic heterocycles. The molecule has 0 atom stereocenters. The van der Waals surface area contributed by atoms with Crippen LogP contribution in [0, 0.1) is 0 Å². The predicted octanol–water partition coefficient (Wildman–Crippen LogP) is 1.76. The maximum absolute atomic E-state index is 12.5. The Morgan fingerprint density at radius 1 is 1.00 bits per heavy atom. The number of hydrogen-bond acceptors (Lipinski definition) is 5. The summed E-state index contributed by atoms with van der Waals surface area (Å²) in [6, 6.07) is 11.7. The fourth-order valence-electron chi connectivity index (χ4n) is 2.91. The second kappa shape index (κ2) is 9.01. The quantitative estimate of drug-likeness (QED) is 0.582. The van der Waals surface area contributed by atoms with E-state index in [1.54, 1.807) is 42.5 Å². The van der Waals surface area contributed by atoms with E-state index >= 15 is 0 Å². The van der Waals surface area contributed by atoms with Crippen molar-refractivity contribution in [2.75, 3.05) is 13.1 Å². The molecular weight excluding hydrogens is 392 g/mol. The average Bonchev–Trinajstić information content (AvgIpc) is 3.15. The molecule has 0 fully saturated rings.